The van der Waals surface area contributed by atoms with Crippen molar-refractivity contribution in [3.8, 4) is 6.07 Å². The quantitative estimate of drug-likeness (QED) is 0.691. The number of rotatable bonds is 5. The van der Waals surface area contributed by atoms with Crippen LogP contribution in [0.4, 0.5) is 18.9 Å². The van der Waals surface area contributed by atoms with Gasteiger partial charge < -0.3 is 10.2 Å². The van der Waals surface area contributed by atoms with Crippen molar-refractivity contribution in [2.24, 2.45) is 0 Å². The van der Waals surface area contributed by atoms with E-state index in [1.54, 1.807) is 12.1 Å². The first-order chi connectivity index (χ1) is 14.1. The molecule has 1 N–H and O–H groups in total. The summed E-state index contributed by atoms with van der Waals surface area (Å²) in [5.41, 5.74) is 2.25. The maximum absolute atomic E-state index is 13.6. The van der Waals surface area contributed by atoms with Crippen LogP contribution in [0.5, 0.6) is 0 Å². The summed E-state index contributed by atoms with van der Waals surface area (Å²) >= 11 is 12.3. The number of fused-ring (bicyclic) bond motifs is 1. The van der Waals surface area contributed by atoms with Crippen LogP contribution in [-0.2, 0) is 17.6 Å². The lowest BCUT2D eigenvalue weighted by Gasteiger charge is -2.29. The van der Waals surface area contributed by atoms with E-state index >= 15 is 0 Å². The van der Waals surface area contributed by atoms with Gasteiger partial charge in [-0.3, -0.25) is 9.78 Å². The third-order valence-corrected chi connectivity index (χ3v) is 5.81. The van der Waals surface area contributed by atoms with Gasteiger partial charge in [-0.25, -0.2) is 0 Å². The van der Waals surface area contributed by atoms with Gasteiger partial charge in [0, 0.05) is 13.1 Å². The fraction of sp³-hybridized carbons (Fsp3) is 0.350. The van der Waals surface area contributed by atoms with Crippen molar-refractivity contribution in [3.05, 3.63) is 57.3 Å². The van der Waals surface area contributed by atoms with Gasteiger partial charge in [0.1, 0.15) is 6.42 Å². The van der Waals surface area contributed by atoms with Gasteiger partial charge in [-0.2, -0.15) is 18.4 Å². The molecule has 0 fully saturated rings. The van der Waals surface area contributed by atoms with Crippen LogP contribution in [0, 0.1) is 11.3 Å². The topological polar surface area (TPSA) is 69.0 Å². The molecule has 1 aromatic heterocycles. The second kappa shape index (κ2) is 8.70. The molecule has 0 radical (unpaired) electrons. The molecule has 2 aromatic rings. The molecule has 2 atom stereocenters. The Kier molecular flexibility index (Phi) is 6.44. The Morgan fingerprint density at radius 2 is 2.07 bits per heavy atom. The second-order valence-electron chi connectivity index (χ2n) is 7.00. The monoisotopic (exact) mass is 456 g/mol. The molecule has 3 rings (SSSR count). The fourth-order valence-corrected chi connectivity index (χ4v) is 3.98. The van der Waals surface area contributed by atoms with Crippen molar-refractivity contribution in [1.82, 2.24) is 9.88 Å². The predicted molar refractivity (Wildman–Crippen MR) is 107 cm³/mol. The highest BCUT2D eigenvalue weighted by molar-refractivity contribution is 6.42. The highest BCUT2D eigenvalue weighted by Crippen LogP contribution is 2.37. The number of alkyl halides is 3. The number of carbonyl (C=O) groups is 1. The van der Waals surface area contributed by atoms with E-state index in [9.17, 15) is 18.0 Å². The molecule has 1 unspecified atom stereocenters. The van der Waals surface area contributed by atoms with Gasteiger partial charge >= 0.3 is 6.18 Å². The lowest BCUT2D eigenvalue weighted by atomic mass is 10.1. The maximum atomic E-state index is 13.6. The molecule has 1 aliphatic carbocycles. The molecule has 0 spiro atoms. The number of halogens is 5. The first-order valence-electron chi connectivity index (χ1n) is 8.99. The number of nitrogens with zero attached hydrogens (tertiary/aromatic N) is 3. The smallest absolute Gasteiger partial charge is 0.380 e. The standard InChI is InChI=1S/C20H17Cl2F3N4O/c1-29(17(30)6-7-26)19(20(23,24)25)16-5-3-12(10-27-16)28-13-8-11-2-4-15(21)18(22)14(11)9-13/h2-5,10,13,19,28H,6,8-9H2,1H3/t13?,19-/m0/s1. The molecule has 0 bridgehead atoms. The Bertz CT molecular complexity index is 989. The lowest BCUT2D eigenvalue weighted by molar-refractivity contribution is -0.189. The summed E-state index contributed by atoms with van der Waals surface area (Å²) in [6, 6.07) is 5.70. The number of carbonyl (C=O) groups excluding carboxylic acids is 1. The number of hydrogen-bond acceptors (Lipinski definition) is 4. The largest absolute Gasteiger partial charge is 0.414 e. The third kappa shape index (κ3) is 4.63. The Morgan fingerprint density at radius 3 is 2.67 bits per heavy atom. The molecule has 10 heteroatoms. The minimum absolute atomic E-state index is 0.00177. The molecule has 30 heavy (non-hydrogen) atoms. The van der Waals surface area contributed by atoms with E-state index < -0.39 is 24.5 Å². The average molecular weight is 457 g/mol. The molecule has 1 aromatic carbocycles. The molecule has 0 aliphatic heterocycles. The number of hydrogen-bond donors (Lipinski definition) is 1. The first kappa shape index (κ1) is 22.2. The number of anilines is 1. The zero-order valence-electron chi connectivity index (χ0n) is 15.8. The molecule has 5 nitrogen and oxygen atoms in total. The SMILES string of the molecule is CN(C(=O)CC#N)[C@@H](c1ccc(NC2Cc3ccc(Cl)c(Cl)c3C2)cn1)C(F)(F)F. The van der Waals surface area contributed by atoms with Crippen LogP contribution in [0.1, 0.15) is 29.3 Å². The van der Waals surface area contributed by atoms with Gasteiger partial charge in [-0.15, -0.1) is 0 Å². The zero-order valence-corrected chi connectivity index (χ0v) is 17.3. The van der Waals surface area contributed by atoms with Crippen molar-refractivity contribution < 1.29 is 18.0 Å². The lowest BCUT2D eigenvalue weighted by Crippen LogP contribution is -2.40. The highest BCUT2D eigenvalue weighted by atomic mass is 35.5. The number of nitriles is 1. The third-order valence-electron chi connectivity index (χ3n) is 4.97. The van der Waals surface area contributed by atoms with Gasteiger partial charge in [-0.1, -0.05) is 29.3 Å². The average Bonchev–Trinajstić information content (AvgIpc) is 3.09. The fourth-order valence-electron chi connectivity index (χ4n) is 3.54. The summed E-state index contributed by atoms with van der Waals surface area (Å²) < 4.78 is 40.7. The summed E-state index contributed by atoms with van der Waals surface area (Å²) in [6.45, 7) is 0. The summed E-state index contributed by atoms with van der Waals surface area (Å²) in [5, 5.41) is 12.8. The minimum Gasteiger partial charge on any atom is -0.380 e. The normalized spacial score (nSPS) is 16.5. The van der Waals surface area contributed by atoms with Gasteiger partial charge in [0.05, 0.1) is 33.7 Å². The minimum atomic E-state index is -4.73. The van der Waals surface area contributed by atoms with Gasteiger partial charge in [0.15, 0.2) is 6.04 Å². The van der Waals surface area contributed by atoms with E-state index in [4.69, 9.17) is 28.5 Å². The van der Waals surface area contributed by atoms with E-state index in [1.165, 1.54) is 18.3 Å². The van der Waals surface area contributed by atoms with Crippen molar-refractivity contribution >= 4 is 34.8 Å². The second-order valence-corrected chi connectivity index (χ2v) is 7.79. The Labute approximate surface area is 181 Å². The predicted octanol–water partition coefficient (Wildman–Crippen LogP) is 4.94. The maximum Gasteiger partial charge on any atom is 0.414 e. The van der Waals surface area contributed by atoms with Gasteiger partial charge in [0.2, 0.25) is 5.91 Å². The molecule has 1 amide bonds. The summed E-state index contributed by atoms with van der Waals surface area (Å²) in [6.07, 6.45) is -2.74. The number of aromatic nitrogens is 1. The van der Waals surface area contributed by atoms with E-state index in [1.807, 2.05) is 6.07 Å². The molecule has 1 heterocycles. The van der Waals surface area contributed by atoms with Crippen molar-refractivity contribution in [3.63, 3.8) is 0 Å². The van der Waals surface area contributed by atoms with Gasteiger partial charge in [-0.05, 0) is 42.2 Å². The van der Waals surface area contributed by atoms with Crippen molar-refractivity contribution in [2.75, 3.05) is 12.4 Å². The number of amides is 1. The molecular weight excluding hydrogens is 440 g/mol. The molecular formula is C20H17Cl2F3N4O. The number of benzene rings is 1. The molecule has 1 aliphatic rings. The van der Waals surface area contributed by atoms with Crippen LogP contribution in [0.25, 0.3) is 0 Å². The van der Waals surface area contributed by atoms with Crippen LogP contribution in [0.3, 0.4) is 0 Å². The number of pyridine rings is 1. The zero-order chi connectivity index (χ0) is 22.1. The first-order valence-corrected chi connectivity index (χ1v) is 9.75. The van der Waals surface area contributed by atoms with Crippen LogP contribution < -0.4 is 5.32 Å². The molecule has 158 valence electrons. The Morgan fingerprint density at radius 1 is 1.33 bits per heavy atom. The highest BCUT2D eigenvalue weighted by Gasteiger charge is 2.46. The summed E-state index contributed by atoms with van der Waals surface area (Å²) in [7, 11) is 1.01. The Balaban J connectivity index is 1.75. The van der Waals surface area contributed by atoms with Crippen molar-refractivity contribution in [1.29, 1.82) is 5.26 Å². The summed E-state index contributed by atoms with van der Waals surface area (Å²) in [4.78, 5) is 16.2. The van der Waals surface area contributed by atoms with Gasteiger partial charge in [0.25, 0.3) is 0 Å². The van der Waals surface area contributed by atoms with E-state index in [0.717, 1.165) is 18.2 Å². The van der Waals surface area contributed by atoms with E-state index in [0.29, 0.717) is 33.5 Å². The van der Waals surface area contributed by atoms with Crippen LogP contribution in [-0.4, -0.2) is 35.1 Å². The van der Waals surface area contributed by atoms with Crippen LogP contribution >= 0.6 is 23.2 Å². The number of nitrogens with one attached hydrogen (secondary N) is 1. The van der Waals surface area contributed by atoms with Crippen molar-refractivity contribution in [2.45, 2.75) is 37.5 Å². The van der Waals surface area contributed by atoms with Crippen LogP contribution in [0.2, 0.25) is 10.0 Å². The van der Waals surface area contributed by atoms with Crippen LogP contribution in [0.15, 0.2) is 30.5 Å². The van der Waals surface area contributed by atoms with E-state index in [2.05, 4.69) is 10.3 Å². The summed E-state index contributed by atoms with van der Waals surface area (Å²) in [5.74, 6) is -0.928. The van der Waals surface area contributed by atoms with E-state index in [-0.39, 0.29) is 11.7 Å². The Hall–Kier alpha value is -2.50. The molecule has 0 saturated heterocycles. The molecule has 0 saturated carbocycles.